The molecule has 0 amide bonds. The standard InChI is InChI=1S/C32H30FN7O2S/c1-43(41,42)7-4-20-8-22(11-24(33)10-20)27-16-35-17-30-25(27)12-29(37-30)32-26-13-28(36-18-31(26)38-39-32)23-9-21(14-34-15-23)19-40-5-2-3-6-40/h8-18,37H,2-7,19H2,1H3,(H,38,39). The Morgan fingerprint density at radius 3 is 2.51 bits per heavy atom. The molecule has 0 spiro atoms. The summed E-state index contributed by atoms with van der Waals surface area (Å²) in [6.07, 6.45) is 12.9. The van der Waals surface area contributed by atoms with E-state index in [1.165, 1.54) is 36.8 Å². The zero-order valence-corrected chi connectivity index (χ0v) is 24.5. The lowest BCUT2D eigenvalue weighted by Crippen LogP contribution is -2.18. The van der Waals surface area contributed by atoms with Crippen LogP contribution in [0, 0.1) is 5.82 Å². The summed E-state index contributed by atoms with van der Waals surface area (Å²) in [4.78, 5) is 19.4. The molecule has 6 aromatic rings. The molecule has 1 aliphatic rings. The van der Waals surface area contributed by atoms with E-state index in [-0.39, 0.29) is 12.2 Å². The third kappa shape index (κ3) is 5.78. The third-order valence-electron chi connectivity index (χ3n) is 7.97. The molecule has 0 saturated carbocycles. The van der Waals surface area contributed by atoms with E-state index in [4.69, 9.17) is 0 Å². The first kappa shape index (κ1) is 27.4. The summed E-state index contributed by atoms with van der Waals surface area (Å²) in [6.45, 7) is 3.13. The number of rotatable bonds is 8. The molecule has 1 aromatic carbocycles. The summed E-state index contributed by atoms with van der Waals surface area (Å²) in [5, 5.41) is 9.45. The lowest BCUT2D eigenvalue weighted by Gasteiger charge is -2.14. The molecule has 0 radical (unpaired) electrons. The fourth-order valence-corrected chi connectivity index (χ4v) is 6.46. The van der Waals surface area contributed by atoms with Gasteiger partial charge in [0.15, 0.2) is 0 Å². The SMILES string of the molecule is CS(=O)(=O)CCc1cc(F)cc(-c2cncc3[nH]c(-c4n[nH]c5cnc(-c6cncc(CN7CCCC7)c6)cc45)cc23)c1. The fourth-order valence-electron chi connectivity index (χ4n) is 5.86. The minimum absolute atomic E-state index is 0.0471. The number of nitrogens with zero attached hydrogens (tertiary/aromatic N) is 5. The van der Waals surface area contributed by atoms with Gasteiger partial charge < -0.3 is 4.98 Å². The van der Waals surface area contributed by atoms with Crippen LogP contribution in [0.1, 0.15) is 24.0 Å². The monoisotopic (exact) mass is 595 g/mol. The molecule has 0 atom stereocenters. The van der Waals surface area contributed by atoms with Crippen molar-refractivity contribution in [2.45, 2.75) is 25.8 Å². The van der Waals surface area contributed by atoms with Crippen molar-refractivity contribution in [1.82, 2.24) is 35.0 Å². The van der Waals surface area contributed by atoms with E-state index in [1.54, 1.807) is 18.6 Å². The number of aryl methyl sites for hydroxylation is 1. The maximum absolute atomic E-state index is 14.6. The van der Waals surface area contributed by atoms with Crippen LogP contribution in [0.3, 0.4) is 0 Å². The average Bonchev–Trinajstić information content (AvgIpc) is 3.75. The third-order valence-corrected chi connectivity index (χ3v) is 8.92. The molecule has 43 heavy (non-hydrogen) atoms. The number of pyridine rings is 3. The second-order valence-corrected chi connectivity index (χ2v) is 13.6. The number of hydrogen-bond acceptors (Lipinski definition) is 7. The van der Waals surface area contributed by atoms with Crippen LogP contribution in [-0.4, -0.2) is 68.5 Å². The lowest BCUT2D eigenvalue weighted by molar-refractivity contribution is 0.331. The summed E-state index contributed by atoms with van der Waals surface area (Å²) >= 11 is 0. The molecule has 0 aliphatic carbocycles. The Morgan fingerprint density at radius 1 is 0.860 bits per heavy atom. The predicted octanol–water partition coefficient (Wildman–Crippen LogP) is 5.55. The average molecular weight is 596 g/mol. The summed E-state index contributed by atoms with van der Waals surface area (Å²) < 4.78 is 38.0. The van der Waals surface area contributed by atoms with Gasteiger partial charge in [0.1, 0.15) is 21.3 Å². The number of likely N-dealkylation sites (tertiary alicyclic amines) is 1. The molecule has 1 aliphatic heterocycles. The molecule has 7 rings (SSSR count). The zero-order chi connectivity index (χ0) is 29.6. The fraction of sp³-hybridized carbons (Fsp3) is 0.250. The highest BCUT2D eigenvalue weighted by Crippen LogP contribution is 2.35. The second kappa shape index (κ2) is 11.0. The van der Waals surface area contributed by atoms with Gasteiger partial charge in [-0.1, -0.05) is 6.07 Å². The van der Waals surface area contributed by atoms with E-state index >= 15 is 0 Å². The highest BCUT2D eigenvalue weighted by atomic mass is 32.2. The summed E-state index contributed by atoms with van der Waals surface area (Å²) in [6, 6.07) is 10.8. The lowest BCUT2D eigenvalue weighted by atomic mass is 10.0. The number of aromatic nitrogens is 6. The Bertz CT molecular complexity index is 2080. The molecule has 9 nitrogen and oxygen atoms in total. The van der Waals surface area contributed by atoms with E-state index in [1.807, 2.05) is 30.6 Å². The molecule has 11 heteroatoms. The van der Waals surface area contributed by atoms with E-state index in [9.17, 15) is 12.8 Å². The Kier molecular flexibility index (Phi) is 6.98. The molecular weight excluding hydrogens is 565 g/mol. The van der Waals surface area contributed by atoms with Crippen molar-refractivity contribution in [3.63, 3.8) is 0 Å². The van der Waals surface area contributed by atoms with Crippen LogP contribution >= 0.6 is 0 Å². The highest BCUT2D eigenvalue weighted by Gasteiger charge is 2.17. The highest BCUT2D eigenvalue weighted by molar-refractivity contribution is 7.90. The van der Waals surface area contributed by atoms with Gasteiger partial charge in [0, 0.05) is 53.3 Å². The number of hydrogen-bond donors (Lipinski definition) is 2. The van der Waals surface area contributed by atoms with Crippen LogP contribution in [0.4, 0.5) is 4.39 Å². The van der Waals surface area contributed by atoms with Crippen LogP contribution < -0.4 is 0 Å². The van der Waals surface area contributed by atoms with Gasteiger partial charge in [-0.2, -0.15) is 5.10 Å². The zero-order valence-electron chi connectivity index (χ0n) is 23.6. The van der Waals surface area contributed by atoms with Crippen molar-refractivity contribution in [2.24, 2.45) is 0 Å². The van der Waals surface area contributed by atoms with Gasteiger partial charge in [-0.25, -0.2) is 12.8 Å². The van der Waals surface area contributed by atoms with Gasteiger partial charge >= 0.3 is 0 Å². The number of aromatic amines is 2. The van der Waals surface area contributed by atoms with Crippen molar-refractivity contribution in [2.75, 3.05) is 25.1 Å². The number of nitrogens with one attached hydrogen (secondary N) is 2. The summed E-state index contributed by atoms with van der Waals surface area (Å²) in [7, 11) is -3.17. The molecule has 5 aromatic heterocycles. The van der Waals surface area contributed by atoms with Crippen LogP contribution in [0.2, 0.25) is 0 Å². The van der Waals surface area contributed by atoms with Crippen molar-refractivity contribution < 1.29 is 12.8 Å². The molecule has 2 N–H and O–H groups in total. The van der Waals surface area contributed by atoms with Gasteiger partial charge in [0.05, 0.1) is 40.6 Å². The first-order chi connectivity index (χ1) is 20.8. The van der Waals surface area contributed by atoms with Crippen molar-refractivity contribution in [3.05, 3.63) is 84.3 Å². The van der Waals surface area contributed by atoms with E-state index < -0.39 is 15.7 Å². The molecule has 1 fully saturated rings. The minimum atomic E-state index is -3.17. The van der Waals surface area contributed by atoms with Crippen LogP contribution in [0.25, 0.3) is 55.6 Å². The Labute approximate surface area is 248 Å². The number of H-pyrrole nitrogens is 2. The molecular formula is C32H30FN7O2S. The van der Waals surface area contributed by atoms with Crippen molar-refractivity contribution >= 4 is 31.6 Å². The first-order valence-corrected chi connectivity index (χ1v) is 16.3. The predicted molar refractivity (Wildman–Crippen MR) is 166 cm³/mol. The molecule has 1 saturated heterocycles. The van der Waals surface area contributed by atoms with E-state index in [2.05, 4.69) is 41.1 Å². The number of halogens is 1. The van der Waals surface area contributed by atoms with Crippen LogP contribution in [0.5, 0.6) is 0 Å². The van der Waals surface area contributed by atoms with Gasteiger partial charge in [-0.3, -0.25) is 25.0 Å². The summed E-state index contributed by atoms with van der Waals surface area (Å²) in [5.41, 5.74) is 8.01. The quantitative estimate of drug-likeness (QED) is 0.237. The number of sulfone groups is 1. The number of fused-ring (bicyclic) bond motifs is 2. The Morgan fingerprint density at radius 2 is 1.67 bits per heavy atom. The molecule has 0 bridgehead atoms. The van der Waals surface area contributed by atoms with Gasteiger partial charge in [0.2, 0.25) is 0 Å². The van der Waals surface area contributed by atoms with Crippen LogP contribution in [-0.2, 0) is 22.8 Å². The van der Waals surface area contributed by atoms with E-state index in [0.29, 0.717) is 11.1 Å². The topological polar surface area (TPSA) is 121 Å². The summed E-state index contributed by atoms with van der Waals surface area (Å²) in [5.74, 6) is -0.472. The smallest absolute Gasteiger partial charge is 0.147 e. The normalized spacial score (nSPS) is 14.3. The van der Waals surface area contributed by atoms with Crippen molar-refractivity contribution in [1.29, 1.82) is 0 Å². The Hall–Kier alpha value is -4.48. The van der Waals surface area contributed by atoms with E-state index in [0.717, 1.165) is 69.6 Å². The van der Waals surface area contributed by atoms with Crippen LogP contribution in [0.15, 0.2) is 67.4 Å². The van der Waals surface area contributed by atoms with Crippen molar-refractivity contribution in [3.8, 4) is 33.8 Å². The first-order valence-electron chi connectivity index (χ1n) is 14.2. The molecule has 0 unspecified atom stereocenters. The minimum Gasteiger partial charge on any atom is -0.352 e. The largest absolute Gasteiger partial charge is 0.352 e. The second-order valence-electron chi connectivity index (χ2n) is 11.3. The Balaban J connectivity index is 1.24. The molecule has 218 valence electrons. The maximum Gasteiger partial charge on any atom is 0.147 e. The maximum atomic E-state index is 14.6. The molecule has 6 heterocycles. The number of benzene rings is 1. The van der Waals surface area contributed by atoms with Gasteiger partial charge in [0.25, 0.3) is 0 Å². The van der Waals surface area contributed by atoms with Gasteiger partial charge in [-0.05, 0) is 79.4 Å². The van der Waals surface area contributed by atoms with Gasteiger partial charge in [-0.15, -0.1) is 0 Å².